The molecule has 1 saturated heterocycles. The Morgan fingerprint density at radius 3 is 2.80 bits per heavy atom. The number of hydrogen-bond donors (Lipinski definition) is 1. The molecule has 2 unspecified atom stereocenters. The largest absolute Gasteiger partial charge is 0.346 e. The number of piperazine rings is 1. The van der Waals surface area contributed by atoms with Crippen molar-refractivity contribution in [1.29, 1.82) is 0 Å². The third-order valence-corrected chi connectivity index (χ3v) is 6.20. The average Bonchev–Trinajstić information content (AvgIpc) is 3.17. The predicted octanol–water partition coefficient (Wildman–Crippen LogP) is 2.17. The van der Waals surface area contributed by atoms with Gasteiger partial charge in [0.15, 0.2) is 5.13 Å². The molecule has 5 heteroatoms. The van der Waals surface area contributed by atoms with Gasteiger partial charge in [-0.3, -0.25) is 4.90 Å². The molecule has 0 amide bonds. The maximum atomic E-state index is 6.23. The quantitative estimate of drug-likeness (QED) is 0.924. The van der Waals surface area contributed by atoms with Gasteiger partial charge in [0.2, 0.25) is 0 Å². The van der Waals surface area contributed by atoms with E-state index < -0.39 is 0 Å². The van der Waals surface area contributed by atoms with Crippen LogP contribution in [0.15, 0.2) is 11.6 Å². The average molecular weight is 294 g/mol. The third-order valence-electron chi connectivity index (χ3n) is 5.37. The van der Waals surface area contributed by atoms with Crippen LogP contribution < -0.4 is 10.6 Å². The fourth-order valence-corrected chi connectivity index (χ4v) is 4.94. The van der Waals surface area contributed by atoms with Crippen LogP contribution in [0, 0.1) is 5.92 Å². The molecule has 0 bridgehead atoms. The summed E-state index contributed by atoms with van der Waals surface area (Å²) in [6, 6.07) is 0. The van der Waals surface area contributed by atoms with E-state index in [0.29, 0.717) is 0 Å². The van der Waals surface area contributed by atoms with Crippen LogP contribution in [0.2, 0.25) is 0 Å². The van der Waals surface area contributed by atoms with Crippen LogP contribution in [-0.2, 0) is 0 Å². The molecule has 0 radical (unpaired) electrons. The fourth-order valence-electron chi connectivity index (χ4n) is 4.24. The van der Waals surface area contributed by atoms with E-state index in [1.54, 1.807) is 11.3 Å². The van der Waals surface area contributed by atoms with Crippen LogP contribution >= 0.6 is 11.3 Å². The van der Waals surface area contributed by atoms with Crippen LogP contribution in [0.3, 0.4) is 0 Å². The lowest BCUT2D eigenvalue weighted by Crippen LogP contribution is -2.61. The molecule has 1 aromatic heterocycles. The first-order valence-electron chi connectivity index (χ1n) is 7.89. The minimum Gasteiger partial charge on any atom is -0.346 e. The van der Waals surface area contributed by atoms with Crippen molar-refractivity contribution in [2.45, 2.75) is 38.1 Å². The highest BCUT2D eigenvalue weighted by molar-refractivity contribution is 7.13. The molecule has 2 N–H and O–H groups in total. The molecule has 2 heterocycles. The predicted molar refractivity (Wildman–Crippen MR) is 85.3 cm³/mol. The first kappa shape index (κ1) is 14.3. The molecule has 1 aromatic rings. The molecule has 1 aliphatic heterocycles. The Kier molecular flexibility index (Phi) is 4.29. The third kappa shape index (κ3) is 2.36. The highest BCUT2D eigenvalue weighted by Crippen LogP contribution is 2.42. The Labute approximate surface area is 126 Å². The lowest BCUT2D eigenvalue weighted by molar-refractivity contribution is 0.0502. The molecule has 4 nitrogen and oxygen atoms in total. The normalized spacial score (nSPS) is 31.9. The van der Waals surface area contributed by atoms with Crippen LogP contribution in [-0.4, -0.2) is 48.1 Å². The number of rotatable bonds is 4. The maximum Gasteiger partial charge on any atom is 0.185 e. The van der Waals surface area contributed by atoms with Gasteiger partial charge in [-0.25, -0.2) is 4.98 Å². The smallest absolute Gasteiger partial charge is 0.185 e. The summed E-state index contributed by atoms with van der Waals surface area (Å²) in [5, 5.41) is 3.23. The highest BCUT2D eigenvalue weighted by atomic mass is 32.1. The first-order valence-corrected chi connectivity index (χ1v) is 8.77. The van der Waals surface area contributed by atoms with Crippen molar-refractivity contribution in [3.05, 3.63) is 11.6 Å². The van der Waals surface area contributed by atoms with Gasteiger partial charge in [-0.1, -0.05) is 19.8 Å². The van der Waals surface area contributed by atoms with Crippen molar-refractivity contribution < 1.29 is 0 Å². The molecular formula is C15H26N4S. The maximum absolute atomic E-state index is 6.23. The van der Waals surface area contributed by atoms with Crippen molar-refractivity contribution in [3.8, 4) is 0 Å². The van der Waals surface area contributed by atoms with Crippen LogP contribution in [0.4, 0.5) is 5.13 Å². The van der Waals surface area contributed by atoms with E-state index in [0.717, 1.165) is 38.6 Å². The standard InChI is InChI=1S/C15H26N4S/c1-2-13-4-3-5-15(13,12-16)19-9-7-18(8-10-19)14-17-6-11-20-14/h6,11,13H,2-5,7-10,12,16H2,1H3. The minimum atomic E-state index is 0.281. The summed E-state index contributed by atoms with van der Waals surface area (Å²) in [4.78, 5) is 9.54. The zero-order valence-corrected chi connectivity index (χ0v) is 13.2. The van der Waals surface area contributed by atoms with E-state index in [1.807, 2.05) is 6.20 Å². The molecular weight excluding hydrogens is 268 g/mol. The highest BCUT2D eigenvalue weighted by Gasteiger charge is 2.45. The summed E-state index contributed by atoms with van der Waals surface area (Å²) in [7, 11) is 0. The number of thiazole rings is 1. The lowest BCUT2D eigenvalue weighted by atomic mass is 9.83. The zero-order valence-electron chi connectivity index (χ0n) is 12.4. The zero-order chi connectivity index (χ0) is 14.0. The van der Waals surface area contributed by atoms with Gasteiger partial charge in [-0.2, -0.15) is 0 Å². The summed E-state index contributed by atoms with van der Waals surface area (Å²) in [6.45, 7) is 7.59. The van der Waals surface area contributed by atoms with Crippen LogP contribution in [0.1, 0.15) is 32.6 Å². The van der Waals surface area contributed by atoms with Crippen molar-refractivity contribution >= 4 is 16.5 Å². The van der Waals surface area contributed by atoms with Crippen LogP contribution in [0.25, 0.3) is 0 Å². The van der Waals surface area contributed by atoms with Crippen molar-refractivity contribution in [2.75, 3.05) is 37.6 Å². The minimum absolute atomic E-state index is 0.281. The van der Waals surface area contributed by atoms with Gasteiger partial charge in [-0.05, 0) is 18.8 Å². The van der Waals surface area contributed by atoms with E-state index in [-0.39, 0.29) is 5.54 Å². The second kappa shape index (κ2) is 6.00. The molecule has 2 fully saturated rings. The van der Waals surface area contributed by atoms with Gasteiger partial charge >= 0.3 is 0 Å². The number of hydrogen-bond acceptors (Lipinski definition) is 5. The lowest BCUT2D eigenvalue weighted by Gasteiger charge is -2.48. The van der Waals surface area contributed by atoms with E-state index >= 15 is 0 Å². The van der Waals surface area contributed by atoms with E-state index in [9.17, 15) is 0 Å². The van der Waals surface area contributed by atoms with Crippen molar-refractivity contribution in [1.82, 2.24) is 9.88 Å². The molecule has 2 aliphatic rings. The van der Waals surface area contributed by atoms with Gasteiger partial charge in [0.1, 0.15) is 0 Å². The Morgan fingerprint density at radius 2 is 2.20 bits per heavy atom. The van der Waals surface area contributed by atoms with E-state index in [2.05, 4.69) is 27.1 Å². The summed E-state index contributed by atoms with van der Waals surface area (Å²) >= 11 is 1.74. The Bertz CT molecular complexity index is 414. The van der Waals surface area contributed by atoms with Gasteiger partial charge in [-0.15, -0.1) is 11.3 Å². The Balaban J connectivity index is 1.67. The van der Waals surface area contributed by atoms with Crippen molar-refractivity contribution in [2.24, 2.45) is 11.7 Å². The number of aromatic nitrogens is 1. The van der Waals surface area contributed by atoms with Gasteiger partial charge in [0.05, 0.1) is 0 Å². The molecule has 1 aliphatic carbocycles. The SMILES string of the molecule is CCC1CCCC1(CN)N1CCN(c2nccs2)CC1. The molecule has 0 aromatic carbocycles. The molecule has 20 heavy (non-hydrogen) atoms. The molecule has 2 atom stereocenters. The topological polar surface area (TPSA) is 45.4 Å². The molecule has 0 spiro atoms. The number of anilines is 1. The summed E-state index contributed by atoms with van der Waals surface area (Å²) in [6.07, 6.45) is 7.17. The van der Waals surface area contributed by atoms with Gasteiger partial charge < -0.3 is 10.6 Å². The Hall–Kier alpha value is -0.650. The fraction of sp³-hybridized carbons (Fsp3) is 0.800. The molecule has 1 saturated carbocycles. The molecule has 112 valence electrons. The van der Waals surface area contributed by atoms with Crippen LogP contribution in [0.5, 0.6) is 0 Å². The Morgan fingerprint density at radius 1 is 1.40 bits per heavy atom. The van der Waals surface area contributed by atoms with Gasteiger partial charge in [0, 0.05) is 49.8 Å². The first-order chi connectivity index (χ1) is 9.80. The monoisotopic (exact) mass is 294 g/mol. The molecule has 3 rings (SSSR count). The van der Waals surface area contributed by atoms with E-state index in [1.165, 1.54) is 30.8 Å². The number of nitrogens with zero attached hydrogens (tertiary/aromatic N) is 3. The van der Waals surface area contributed by atoms with Gasteiger partial charge in [0.25, 0.3) is 0 Å². The second-order valence-electron chi connectivity index (χ2n) is 6.09. The summed E-state index contributed by atoms with van der Waals surface area (Å²) in [5.41, 5.74) is 6.51. The summed E-state index contributed by atoms with van der Waals surface area (Å²) < 4.78 is 0. The van der Waals surface area contributed by atoms with Crippen molar-refractivity contribution in [3.63, 3.8) is 0 Å². The van der Waals surface area contributed by atoms with E-state index in [4.69, 9.17) is 5.73 Å². The summed E-state index contributed by atoms with van der Waals surface area (Å²) in [5.74, 6) is 0.791. The number of nitrogens with two attached hydrogens (primary N) is 1. The second-order valence-corrected chi connectivity index (χ2v) is 6.97.